The van der Waals surface area contributed by atoms with Crippen molar-refractivity contribution in [1.82, 2.24) is 5.32 Å². The molecule has 0 aliphatic heterocycles. The number of fused-ring (bicyclic) bond motifs is 3. The van der Waals surface area contributed by atoms with Crippen LogP contribution in [-0.2, 0) is 12.8 Å². The van der Waals surface area contributed by atoms with Crippen molar-refractivity contribution in [2.45, 2.75) is 57.9 Å². The van der Waals surface area contributed by atoms with Crippen LogP contribution < -0.4 is 10.6 Å². The fraction of sp³-hybridized carbons (Fsp3) is 0.632. The van der Waals surface area contributed by atoms with Crippen LogP contribution in [0.5, 0.6) is 0 Å². The van der Waals surface area contributed by atoms with Gasteiger partial charge in [0.15, 0.2) is 0 Å². The maximum Gasteiger partial charge on any atom is 0.319 e. The molecule has 2 bridgehead atoms. The Morgan fingerprint density at radius 1 is 1.18 bits per heavy atom. The lowest BCUT2D eigenvalue weighted by Crippen LogP contribution is -2.42. The summed E-state index contributed by atoms with van der Waals surface area (Å²) >= 11 is 0. The van der Waals surface area contributed by atoms with E-state index >= 15 is 0 Å². The van der Waals surface area contributed by atoms with Gasteiger partial charge in [0.25, 0.3) is 0 Å². The normalized spacial score (nSPS) is 30.1. The number of carbonyl (C=O) groups excluding carboxylic acids is 1. The van der Waals surface area contributed by atoms with Gasteiger partial charge in [-0.2, -0.15) is 0 Å². The summed E-state index contributed by atoms with van der Waals surface area (Å²) in [6.07, 6.45) is 9.06. The lowest BCUT2D eigenvalue weighted by molar-refractivity contribution is 0.230. The van der Waals surface area contributed by atoms with Gasteiger partial charge in [0.05, 0.1) is 0 Å². The Kier molecular flexibility index (Phi) is 3.59. The first-order chi connectivity index (χ1) is 10.7. The van der Waals surface area contributed by atoms with Crippen molar-refractivity contribution in [2.75, 3.05) is 5.32 Å². The summed E-state index contributed by atoms with van der Waals surface area (Å²) in [6, 6.07) is 6.57. The predicted octanol–water partition coefficient (Wildman–Crippen LogP) is 4.12. The summed E-state index contributed by atoms with van der Waals surface area (Å²) < 4.78 is 0. The van der Waals surface area contributed by atoms with Crippen molar-refractivity contribution in [3.05, 3.63) is 29.3 Å². The molecule has 3 nitrogen and oxygen atoms in total. The quantitative estimate of drug-likeness (QED) is 0.866. The Labute approximate surface area is 132 Å². The molecule has 3 heteroatoms. The molecule has 22 heavy (non-hydrogen) atoms. The molecular weight excluding hydrogens is 272 g/mol. The minimum Gasteiger partial charge on any atom is -0.335 e. The fourth-order valence-electron chi connectivity index (χ4n) is 5.04. The van der Waals surface area contributed by atoms with Gasteiger partial charge in [0.1, 0.15) is 0 Å². The van der Waals surface area contributed by atoms with Crippen LogP contribution in [0, 0.1) is 17.8 Å². The molecule has 2 amide bonds. The molecule has 0 aromatic heterocycles. The van der Waals surface area contributed by atoms with Gasteiger partial charge < -0.3 is 10.6 Å². The van der Waals surface area contributed by atoms with Crippen LogP contribution in [0.2, 0.25) is 0 Å². The van der Waals surface area contributed by atoms with Gasteiger partial charge in [-0.3, -0.25) is 0 Å². The van der Waals surface area contributed by atoms with Crippen molar-refractivity contribution >= 4 is 11.7 Å². The van der Waals surface area contributed by atoms with E-state index in [-0.39, 0.29) is 12.1 Å². The molecule has 2 fully saturated rings. The largest absolute Gasteiger partial charge is 0.335 e. The number of hydrogen-bond donors (Lipinski definition) is 2. The summed E-state index contributed by atoms with van der Waals surface area (Å²) in [4.78, 5) is 12.3. The molecule has 0 spiro atoms. The average molecular weight is 298 g/mol. The number of nitrogens with one attached hydrogen (secondary N) is 2. The van der Waals surface area contributed by atoms with E-state index in [1.165, 1.54) is 49.7 Å². The van der Waals surface area contributed by atoms with Crippen LogP contribution in [0.3, 0.4) is 0 Å². The third-order valence-corrected chi connectivity index (χ3v) is 6.15. The third kappa shape index (κ3) is 2.62. The molecule has 0 heterocycles. The lowest BCUT2D eigenvalue weighted by Gasteiger charge is -2.28. The van der Waals surface area contributed by atoms with Crippen molar-refractivity contribution in [3.8, 4) is 0 Å². The van der Waals surface area contributed by atoms with E-state index in [0.29, 0.717) is 5.92 Å². The molecule has 1 aromatic carbocycles. The number of rotatable bonds is 3. The Morgan fingerprint density at radius 3 is 2.82 bits per heavy atom. The molecule has 1 aromatic rings. The van der Waals surface area contributed by atoms with Gasteiger partial charge >= 0.3 is 6.03 Å². The van der Waals surface area contributed by atoms with Crippen molar-refractivity contribution in [2.24, 2.45) is 17.8 Å². The fourth-order valence-corrected chi connectivity index (χ4v) is 5.04. The summed E-state index contributed by atoms with van der Waals surface area (Å²) in [5.74, 6) is 2.46. The Bertz CT molecular complexity index is 583. The zero-order valence-electron chi connectivity index (χ0n) is 13.4. The maximum absolute atomic E-state index is 12.3. The molecule has 0 unspecified atom stereocenters. The van der Waals surface area contributed by atoms with Gasteiger partial charge in [-0.1, -0.05) is 12.5 Å². The van der Waals surface area contributed by atoms with Crippen molar-refractivity contribution < 1.29 is 4.79 Å². The second kappa shape index (κ2) is 5.60. The summed E-state index contributed by atoms with van der Waals surface area (Å²) in [5, 5.41) is 6.19. The molecule has 2 N–H and O–H groups in total. The van der Waals surface area contributed by atoms with Crippen molar-refractivity contribution in [1.29, 1.82) is 0 Å². The monoisotopic (exact) mass is 298 g/mol. The molecular formula is C19H26N2O. The Hall–Kier alpha value is -1.51. The number of urea groups is 1. The smallest absolute Gasteiger partial charge is 0.319 e. The van der Waals surface area contributed by atoms with Crippen LogP contribution in [0.25, 0.3) is 0 Å². The minimum atomic E-state index is -0.0479. The number of anilines is 1. The third-order valence-electron chi connectivity index (χ3n) is 6.15. The van der Waals surface area contributed by atoms with Crippen LogP contribution in [0.1, 0.15) is 50.2 Å². The first-order valence-corrected chi connectivity index (χ1v) is 8.88. The lowest BCUT2D eigenvalue weighted by atomic mass is 9.84. The highest BCUT2D eigenvalue weighted by Crippen LogP contribution is 2.49. The standard InChI is InChI=1S/C19H26N2O/c1-12(18-10-13-5-6-16(18)9-13)20-19(22)21-17-8-7-14-3-2-4-15(14)11-17/h7-8,11-13,16,18H,2-6,9-10H2,1H3,(H2,20,21,22)/t12-,13-,16-,18-/m1/s1. The van der Waals surface area contributed by atoms with E-state index in [1.54, 1.807) is 0 Å². The van der Waals surface area contributed by atoms with E-state index in [0.717, 1.165) is 23.9 Å². The highest BCUT2D eigenvalue weighted by atomic mass is 16.2. The zero-order valence-corrected chi connectivity index (χ0v) is 13.4. The van der Waals surface area contributed by atoms with Gasteiger partial charge in [0, 0.05) is 11.7 Å². The van der Waals surface area contributed by atoms with E-state index in [4.69, 9.17) is 0 Å². The average Bonchev–Trinajstić information content (AvgIpc) is 3.22. The van der Waals surface area contributed by atoms with Gasteiger partial charge in [-0.25, -0.2) is 4.79 Å². The number of carbonyl (C=O) groups is 1. The zero-order chi connectivity index (χ0) is 15.1. The molecule has 0 radical (unpaired) electrons. The molecule has 3 aliphatic rings. The van der Waals surface area contributed by atoms with Gasteiger partial charge in [-0.05, 0) is 86.5 Å². The van der Waals surface area contributed by atoms with E-state index in [1.807, 2.05) is 6.07 Å². The van der Waals surface area contributed by atoms with Crippen LogP contribution in [0.15, 0.2) is 18.2 Å². The number of amides is 2. The topological polar surface area (TPSA) is 41.1 Å². The van der Waals surface area contributed by atoms with Crippen molar-refractivity contribution in [3.63, 3.8) is 0 Å². The first-order valence-electron chi connectivity index (χ1n) is 8.88. The maximum atomic E-state index is 12.3. The number of aryl methyl sites for hydroxylation is 2. The summed E-state index contributed by atoms with van der Waals surface area (Å²) in [7, 11) is 0. The second-order valence-electron chi connectivity index (χ2n) is 7.56. The molecule has 118 valence electrons. The summed E-state index contributed by atoms with van der Waals surface area (Å²) in [5.41, 5.74) is 3.78. The molecule has 0 saturated heterocycles. The number of benzene rings is 1. The molecule has 4 rings (SSSR count). The Balaban J connectivity index is 1.34. The SMILES string of the molecule is C[C@@H](NC(=O)Nc1ccc2c(c1)CCC2)[C@H]1C[C@@H]2CC[C@@H]1C2. The molecule has 2 saturated carbocycles. The van der Waals surface area contributed by atoms with Crippen LogP contribution >= 0.6 is 0 Å². The van der Waals surface area contributed by atoms with Gasteiger partial charge in [-0.15, -0.1) is 0 Å². The van der Waals surface area contributed by atoms with E-state index in [9.17, 15) is 4.79 Å². The molecule has 3 aliphatic carbocycles. The van der Waals surface area contributed by atoms with Gasteiger partial charge in [0.2, 0.25) is 0 Å². The van der Waals surface area contributed by atoms with Crippen LogP contribution in [0.4, 0.5) is 10.5 Å². The van der Waals surface area contributed by atoms with E-state index < -0.39 is 0 Å². The van der Waals surface area contributed by atoms with E-state index in [2.05, 4.69) is 29.7 Å². The highest BCUT2D eigenvalue weighted by molar-refractivity contribution is 5.89. The second-order valence-corrected chi connectivity index (χ2v) is 7.56. The predicted molar refractivity (Wildman–Crippen MR) is 89.0 cm³/mol. The summed E-state index contributed by atoms with van der Waals surface area (Å²) in [6.45, 7) is 2.17. The number of hydrogen-bond acceptors (Lipinski definition) is 1. The van der Waals surface area contributed by atoms with Crippen LogP contribution in [-0.4, -0.2) is 12.1 Å². The molecule has 4 atom stereocenters. The highest BCUT2D eigenvalue weighted by Gasteiger charge is 2.42. The minimum absolute atomic E-state index is 0.0479. The Morgan fingerprint density at radius 2 is 2.05 bits per heavy atom. The first kappa shape index (κ1) is 14.1.